The van der Waals surface area contributed by atoms with Gasteiger partial charge in [0.25, 0.3) is 5.56 Å². The van der Waals surface area contributed by atoms with E-state index in [-0.39, 0.29) is 18.7 Å². The molecule has 0 saturated carbocycles. The van der Waals surface area contributed by atoms with Crippen molar-refractivity contribution in [1.82, 2.24) is 9.55 Å². The van der Waals surface area contributed by atoms with Gasteiger partial charge in [0.15, 0.2) is 0 Å². The van der Waals surface area contributed by atoms with Gasteiger partial charge in [0.2, 0.25) is 0 Å². The molecule has 3 aromatic rings. The van der Waals surface area contributed by atoms with Crippen molar-refractivity contribution in [3.63, 3.8) is 0 Å². The van der Waals surface area contributed by atoms with Crippen LogP contribution in [0.4, 0.5) is 0 Å². The molecular weight excluding hydrogens is 316 g/mol. The van der Waals surface area contributed by atoms with Gasteiger partial charge in [-0.25, -0.2) is 4.98 Å². The maximum Gasteiger partial charge on any atom is 0.326 e. The molecule has 0 radical (unpaired) electrons. The molecule has 0 saturated heterocycles. The second-order valence-corrected chi connectivity index (χ2v) is 5.39. The summed E-state index contributed by atoms with van der Waals surface area (Å²) >= 11 is 5.80. The van der Waals surface area contributed by atoms with E-state index in [9.17, 15) is 9.59 Å². The SMILES string of the molecule is O=C(Cn1c(=O)cnc2ccccc21)OCc1ccc(Cl)cc1. The highest BCUT2D eigenvalue weighted by Crippen LogP contribution is 2.11. The summed E-state index contributed by atoms with van der Waals surface area (Å²) in [7, 11) is 0. The Labute approximate surface area is 137 Å². The Bertz CT molecular complexity index is 904. The minimum Gasteiger partial charge on any atom is -0.459 e. The number of carbonyl (C=O) groups is 1. The summed E-state index contributed by atoms with van der Waals surface area (Å²) in [5.74, 6) is -0.488. The number of fused-ring (bicyclic) bond motifs is 1. The fraction of sp³-hybridized carbons (Fsp3) is 0.118. The van der Waals surface area contributed by atoms with Crippen molar-refractivity contribution in [2.24, 2.45) is 0 Å². The number of aromatic nitrogens is 2. The first-order chi connectivity index (χ1) is 11.1. The van der Waals surface area contributed by atoms with Crippen molar-refractivity contribution in [3.8, 4) is 0 Å². The van der Waals surface area contributed by atoms with Crippen LogP contribution in [-0.2, 0) is 22.7 Å². The van der Waals surface area contributed by atoms with Gasteiger partial charge in [-0.15, -0.1) is 0 Å². The Morgan fingerprint density at radius 3 is 2.65 bits per heavy atom. The molecule has 6 heteroatoms. The van der Waals surface area contributed by atoms with E-state index >= 15 is 0 Å². The highest BCUT2D eigenvalue weighted by atomic mass is 35.5. The van der Waals surface area contributed by atoms with Crippen LogP contribution in [0.1, 0.15) is 5.56 Å². The molecule has 0 amide bonds. The number of nitrogens with zero attached hydrogens (tertiary/aromatic N) is 2. The predicted molar refractivity (Wildman–Crippen MR) is 87.3 cm³/mol. The maximum absolute atomic E-state index is 12.0. The Morgan fingerprint density at radius 2 is 1.87 bits per heavy atom. The zero-order valence-corrected chi connectivity index (χ0v) is 12.9. The molecule has 116 valence electrons. The van der Waals surface area contributed by atoms with Gasteiger partial charge in [-0.1, -0.05) is 35.9 Å². The predicted octanol–water partition coefficient (Wildman–Crippen LogP) is 2.79. The van der Waals surface area contributed by atoms with E-state index in [1.54, 1.807) is 42.5 Å². The van der Waals surface area contributed by atoms with Crippen LogP contribution in [0.15, 0.2) is 59.5 Å². The second kappa shape index (κ2) is 6.62. The van der Waals surface area contributed by atoms with E-state index in [1.807, 2.05) is 6.07 Å². The minimum atomic E-state index is -0.488. The highest BCUT2D eigenvalue weighted by Gasteiger charge is 2.10. The normalized spacial score (nSPS) is 10.7. The third-order valence-electron chi connectivity index (χ3n) is 3.35. The molecule has 1 aromatic heterocycles. The third-order valence-corrected chi connectivity index (χ3v) is 3.60. The first kappa shape index (κ1) is 15.2. The fourth-order valence-electron chi connectivity index (χ4n) is 2.20. The summed E-state index contributed by atoms with van der Waals surface area (Å²) < 4.78 is 6.57. The number of carbonyl (C=O) groups excluding carboxylic acids is 1. The minimum absolute atomic E-state index is 0.133. The van der Waals surface area contributed by atoms with Gasteiger partial charge in [-0.05, 0) is 29.8 Å². The zero-order valence-electron chi connectivity index (χ0n) is 12.1. The molecule has 2 aromatic carbocycles. The molecular formula is C17H13ClN2O3. The third kappa shape index (κ3) is 3.57. The number of halogens is 1. The van der Waals surface area contributed by atoms with E-state index in [4.69, 9.17) is 16.3 Å². The number of esters is 1. The smallest absolute Gasteiger partial charge is 0.326 e. The summed E-state index contributed by atoms with van der Waals surface area (Å²) in [6, 6.07) is 14.2. The summed E-state index contributed by atoms with van der Waals surface area (Å²) in [6.07, 6.45) is 1.20. The van der Waals surface area contributed by atoms with Crippen molar-refractivity contribution < 1.29 is 9.53 Å². The topological polar surface area (TPSA) is 61.2 Å². The first-order valence-corrected chi connectivity index (χ1v) is 7.36. The number of benzene rings is 2. The molecule has 0 aliphatic rings. The molecule has 5 nitrogen and oxygen atoms in total. The van der Waals surface area contributed by atoms with Crippen molar-refractivity contribution in [3.05, 3.63) is 75.7 Å². The fourth-order valence-corrected chi connectivity index (χ4v) is 2.32. The number of para-hydroxylation sites is 2. The largest absolute Gasteiger partial charge is 0.459 e. The monoisotopic (exact) mass is 328 g/mol. The quantitative estimate of drug-likeness (QED) is 0.691. The molecule has 0 aliphatic carbocycles. The van der Waals surface area contributed by atoms with Gasteiger partial charge >= 0.3 is 5.97 Å². The van der Waals surface area contributed by atoms with Gasteiger partial charge in [0, 0.05) is 5.02 Å². The summed E-state index contributed by atoms with van der Waals surface area (Å²) in [6.45, 7) is -0.0246. The molecule has 0 atom stereocenters. The Hall–Kier alpha value is -2.66. The van der Waals surface area contributed by atoms with E-state index < -0.39 is 5.97 Å². The molecule has 3 rings (SSSR count). The molecule has 0 spiro atoms. The lowest BCUT2D eigenvalue weighted by Crippen LogP contribution is -2.25. The van der Waals surface area contributed by atoms with Crippen molar-refractivity contribution in [1.29, 1.82) is 0 Å². The zero-order chi connectivity index (χ0) is 16.2. The van der Waals surface area contributed by atoms with E-state index in [1.165, 1.54) is 10.8 Å². The van der Waals surface area contributed by atoms with Gasteiger partial charge < -0.3 is 4.74 Å². The van der Waals surface area contributed by atoms with Crippen LogP contribution < -0.4 is 5.56 Å². The summed E-state index contributed by atoms with van der Waals surface area (Å²) in [5.41, 5.74) is 1.74. The Balaban J connectivity index is 1.74. The Kier molecular flexibility index (Phi) is 4.39. The standard InChI is InChI=1S/C17H13ClN2O3/c18-13-7-5-12(6-8-13)11-23-17(22)10-20-15-4-2-1-3-14(15)19-9-16(20)21/h1-9H,10-11H2. The molecule has 0 fully saturated rings. The van der Waals surface area contributed by atoms with Crippen molar-refractivity contribution in [2.45, 2.75) is 13.2 Å². The lowest BCUT2D eigenvalue weighted by Gasteiger charge is -2.09. The van der Waals surface area contributed by atoms with Crippen molar-refractivity contribution >= 4 is 28.6 Å². The van der Waals surface area contributed by atoms with E-state index in [0.717, 1.165) is 5.56 Å². The van der Waals surface area contributed by atoms with Crippen LogP contribution in [0.2, 0.25) is 5.02 Å². The van der Waals surface area contributed by atoms with Crippen LogP contribution in [0, 0.1) is 0 Å². The van der Waals surface area contributed by atoms with Crippen molar-refractivity contribution in [2.75, 3.05) is 0 Å². The van der Waals surface area contributed by atoms with E-state index in [2.05, 4.69) is 4.98 Å². The highest BCUT2D eigenvalue weighted by molar-refractivity contribution is 6.30. The molecule has 0 N–H and O–H groups in total. The number of rotatable bonds is 4. The molecule has 0 bridgehead atoms. The summed E-state index contributed by atoms with van der Waals surface area (Å²) in [5, 5.41) is 0.620. The van der Waals surface area contributed by atoms with Gasteiger partial charge in [0.1, 0.15) is 13.2 Å². The van der Waals surface area contributed by atoms with Crippen LogP contribution >= 0.6 is 11.6 Å². The average molecular weight is 329 g/mol. The number of hydrogen-bond donors (Lipinski definition) is 0. The van der Waals surface area contributed by atoms with Crippen LogP contribution in [0.5, 0.6) is 0 Å². The molecule has 0 unspecified atom stereocenters. The average Bonchev–Trinajstić information content (AvgIpc) is 2.57. The second-order valence-electron chi connectivity index (χ2n) is 4.96. The van der Waals surface area contributed by atoms with Crippen LogP contribution in [0.25, 0.3) is 11.0 Å². The summed E-state index contributed by atoms with van der Waals surface area (Å²) in [4.78, 5) is 28.0. The van der Waals surface area contributed by atoms with Crippen LogP contribution in [-0.4, -0.2) is 15.5 Å². The number of hydrogen-bond acceptors (Lipinski definition) is 4. The van der Waals surface area contributed by atoms with E-state index in [0.29, 0.717) is 16.1 Å². The molecule has 1 heterocycles. The van der Waals surface area contributed by atoms with Gasteiger partial charge in [-0.2, -0.15) is 0 Å². The lowest BCUT2D eigenvalue weighted by atomic mass is 10.2. The van der Waals surface area contributed by atoms with Gasteiger partial charge in [-0.3, -0.25) is 14.2 Å². The number of ether oxygens (including phenoxy) is 1. The van der Waals surface area contributed by atoms with Gasteiger partial charge in [0.05, 0.1) is 17.2 Å². The first-order valence-electron chi connectivity index (χ1n) is 6.98. The molecule has 0 aliphatic heterocycles. The maximum atomic E-state index is 12.0. The lowest BCUT2D eigenvalue weighted by molar-refractivity contribution is -0.145. The Morgan fingerprint density at radius 1 is 1.13 bits per heavy atom. The van der Waals surface area contributed by atoms with Crippen LogP contribution in [0.3, 0.4) is 0 Å². The molecule has 23 heavy (non-hydrogen) atoms.